The molecule has 64 valence electrons. The summed E-state index contributed by atoms with van der Waals surface area (Å²) in [6.45, 7) is 5.97. The molecule has 0 aliphatic heterocycles. The first-order valence-corrected chi connectivity index (χ1v) is 4.07. The molecule has 0 aromatic carbocycles. The van der Waals surface area contributed by atoms with E-state index >= 15 is 0 Å². The molecule has 0 rings (SSSR count). The molecule has 0 aromatic heterocycles. The number of allylic oxidation sites excluding steroid dienone is 3. The molecule has 1 nitrogen and oxygen atoms in total. The van der Waals surface area contributed by atoms with Crippen LogP contribution in [0.2, 0.25) is 0 Å². The van der Waals surface area contributed by atoms with Crippen molar-refractivity contribution >= 4 is 11.6 Å². The monoisotopic (exact) mass is 174 g/mol. The lowest BCUT2D eigenvalue weighted by Crippen LogP contribution is -1.85. The molecule has 0 aliphatic rings. The molecule has 0 radical (unpaired) electrons. The Bertz CT molecular complexity index is 176. The molecule has 0 unspecified atom stereocenters. The van der Waals surface area contributed by atoms with Crippen LogP contribution in [0.1, 0.15) is 27.2 Å². The third-order valence-electron chi connectivity index (χ3n) is 1.49. The summed E-state index contributed by atoms with van der Waals surface area (Å²) in [5.74, 6) is 0.756. The zero-order valence-electron chi connectivity index (χ0n) is 7.57. The van der Waals surface area contributed by atoms with E-state index < -0.39 is 0 Å². The summed E-state index contributed by atoms with van der Waals surface area (Å²) in [7, 11) is 1.63. The van der Waals surface area contributed by atoms with Crippen molar-refractivity contribution in [3.8, 4) is 0 Å². The quantitative estimate of drug-likeness (QED) is 0.471. The van der Waals surface area contributed by atoms with Gasteiger partial charge in [0.1, 0.15) is 5.76 Å². The summed E-state index contributed by atoms with van der Waals surface area (Å²) in [5.41, 5.74) is 1.27. The van der Waals surface area contributed by atoms with Gasteiger partial charge in [0.15, 0.2) is 0 Å². The Kier molecular flexibility index (Phi) is 5.05. The average molecular weight is 175 g/mol. The van der Waals surface area contributed by atoms with Gasteiger partial charge >= 0.3 is 0 Å². The normalized spacial score (nSPS) is 14.5. The summed E-state index contributed by atoms with van der Waals surface area (Å²) in [5, 5.41) is 0.695. The zero-order chi connectivity index (χ0) is 8.85. The van der Waals surface area contributed by atoms with Crippen molar-refractivity contribution in [1.29, 1.82) is 0 Å². The Morgan fingerprint density at radius 3 is 2.27 bits per heavy atom. The summed E-state index contributed by atoms with van der Waals surface area (Å²) < 4.78 is 5.06. The van der Waals surface area contributed by atoms with Crippen molar-refractivity contribution in [3.63, 3.8) is 0 Å². The number of hydrogen-bond donors (Lipinski definition) is 0. The Balaban J connectivity index is 4.44. The second-order valence-electron chi connectivity index (χ2n) is 2.45. The summed E-state index contributed by atoms with van der Waals surface area (Å²) in [4.78, 5) is 0. The first kappa shape index (κ1) is 10.6. The molecule has 0 amide bonds. The minimum absolute atomic E-state index is 0.695. The van der Waals surface area contributed by atoms with Gasteiger partial charge in [-0.25, -0.2) is 0 Å². The van der Waals surface area contributed by atoms with Gasteiger partial charge in [0.25, 0.3) is 0 Å². The van der Waals surface area contributed by atoms with Gasteiger partial charge in [-0.1, -0.05) is 24.1 Å². The summed E-state index contributed by atoms with van der Waals surface area (Å²) >= 11 is 5.76. The highest BCUT2D eigenvalue weighted by Crippen LogP contribution is 2.13. The van der Waals surface area contributed by atoms with E-state index in [9.17, 15) is 0 Å². The molecule has 0 aromatic rings. The number of ether oxygens (including phenoxy) is 1. The van der Waals surface area contributed by atoms with E-state index in [-0.39, 0.29) is 0 Å². The maximum absolute atomic E-state index is 5.76. The highest BCUT2D eigenvalue weighted by atomic mass is 35.5. The van der Waals surface area contributed by atoms with Gasteiger partial charge in [0.2, 0.25) is 0 Å². The largest absolute Gasteiger partial charge is 0.496 e. The SMILES string of the molecule is CC/C(C)=C\C(OC)=C(/C)Cl. The van der Waals surface area contributed by atoms with Crippen LogP contribution in [0.3, 0.4) is 0 Å². The number of halogens is 1. The van der Waals surface area contributed by atoms with Crippen LogP contribution in [0, 0.1) is 0 Å². The summed E-state index contributed by atoms with van der Waals surface area (Å²) in [6.07, 6.45) is 2.99. The van der Waals surface area contributed by atoms with E-state index in [1.165, 1.54) is 5.57 Å². The van der Waals surface area contributed by atoms with E-state index in [1.807, 2.05) is 13.0 Å². The van der Waals surface area contributed by atoms with Crippen LogP contribution < -0.4 is 0 Å². The molecule has 0 aliphatic carbocycles. The van der Waals surface area contributed by atoms with Crippen molar-refractivity contribution in [2.24, 2.45) is 0 Å². The second-order valence-corrected chi connectivity index (χ2v) is 3.01. The van der Waals surface area contributed by atoms with Crippen molar-refractivity contribution in [2.75, 3.05) is 7.11 Å². The van der Waals surface area contributed by atoms with Crippen LogP contribution >= 0.6 is 11.6 Å². The summed E-state index contributed by atoms with van der Waals surface area (Å²) in [6, 6.07) is 0. The van der Waals surface area contributed by atoms with Gasteiger partial charge in [-0.2, -0.15) is 0 Å². The third kappa shape index (κ3) is 4.10. The molecular formula is C9H15ClO. The van der Waals surface area contributed by atoms with Crippen LogP contribution in [-0.2, 0) is 4.74 Å². The second kappa shape index (κ2) is 5.25. The lowest BCUT2D eigenvalue weighted by atomic mass is 10.2. The fourth-order valence-corrected chi connectivity index (χ4v) is 0.757. The van der Waals surface area contributed by atoms with Gasteiger partial charge in [-0.15, -0.1) is 0 Å². The molecular weight excluding hydrogens is 160 g/mol. The standard InChI is InChI=1S/C9H15ClO/c1-5-7(2)6-9(11-4)8(3)10/h6H,5H2,1-4H3/b7-6-,9-8-. The van der Waals surface area contributed by atoms with Gasteiger partial charge < -0.3 is 4.74 Å². The smallest absolute Gasteiger partial charge is 0.132 e. The Morgan fingerprint density at radius 2 is 2.00 bits per heavy atom. The minimum atomic E-state index is 0.695. The maximum atomic E-state index is 5.76. The molecule has 2 heteroatoms. The number of rotatable bonds is 3. The molecule has 0 N–H and O–H groups in total. The molecule has 0 spiro atoms. The predicted molar refractivity (Wildman–Crippen MR) is 49.6 cm³/mol. The van der Waals surface area contributed by atoms with Crippen molar-refractivity contribution < 1.29 is 4.74 Å². The average Bonchev–Trinajstić information content (AvgIpc) is 1.99. The fraction of sp³-hybridized carbons (Fsp3) is 0.556. The number of methoxy groups -OCH3 is 1. The highest BCUT2D eigenvalue weighted by molar-refractivity contribution is 6.29. The molecule has 0 saturated carbocycles. The van der Waals surface area contributed by atoms with E-state index in [2.05, 4.69) is 13.8 Å². The predicted octanol–water partition coefficient (Wildman–Crippen LogP) is 3.46. The minimum Gasteiger partial charge on any atom is -0.496 e. The fourth-order valence-electron chi connectivity index (χ4n) is 0.625. The van der Waals surface area contributed by atoms with E-state index in [0.29, 0.717) is 5.03 Å². The van der Waals surface area contributed by atoms with Crippen molar-refractivity contribution in [3.05, 3.63) is 22.4 Å². The molecule has 0 saturated heterocycles. The van der Waals surface area contributed by atoms with Crippen molar-refractivity contribution in [2.45, 2.75) is 27.2 Å². The van der Waals surface area contributed by atoms with E-state index in [4.69, 9.17) is 16.3 Å². The van der Waals surface area contributed by atoms with E-state index in [0.717, 1.165) is 12.2 Å². The van der Waals surface area contributed by atoms with Crippen LogP contribution in [-0.4, -0.2) is 7.11 Å². The van der Waals surface area contributed by atoms with Crippen LogP contribution in [0.4, 0.5) is 0 Å². The van der Waals surface area contributed by atoms with Gasteiger partial charge in [-0.05, 0) is 26.3 Å². The highest BCUT2D eigenvalue weighted by Gasteiger charge is 1.95. The first-order valence-electron chi connectivity index (χ1n) is 3.69. The first-order chi connectivity index (χ1) is 5.11. The number of hydrogen-bond acceptors (Lipinski definition) is 1. The lowest BCUT2D eigenvalue weighted by Gasteiger charge is -2.02. The van der Waals surface area contributed by atoms with E-state index in [1.54, 1.807) is 7.11 Å². The van der Waals surface area contributed by atoms with Crippen LogP contribution in [0.25, 0.3) is 0 Å². The topological polar surface area (TPSA) is 9.23 Å². The molecule has 0 atom stereocenters. The van der Waals surface area contributed by atoms with Crippen molar-refractivity contribution in [1.82, 2.24) is 0 Å². The van der Waals surface area contributed by atoms with Crippen LogP contribution in [0.15, 0.2) is 22.4 Å². The molecule has 0 fully saturated rings. The molecule has 0 bridgehead atoms. The van der Waals surface area contributed by atoms with Gasteiger partial charge in [0.05, 0.1) is 12.1 Å². The molecule has 0 heterocycles. The van der Waals surface area contributed by atoms with Gasteiger partial charge in [0, 0.05) is 0 Å². The van der Waals surface area contributed by atoms with Gasteiger partial charge in [-0.3, -0.25) is 0 Å². The Hall–Kier alpha value is -0.430. The lowest BCUT2D eigenvalue weighted by molar-refractivity contribution is 0.304. The Morgan fingerprint density at radius 1 is 1.45 bits per heavy atom. The van der Waals surface area contributed by atoms with Crippen LogP contribution in [0.5, 0.6) is 0 Å². The molecule has 11 heavy (non-hydrogen) atoms. The zero-order valence-corrected chi connectivity index (χ0v) is 8.33. The Labute approximate surface area is 73.7 Å². The third-order valence-corrected chi connectivity index (χ3v) is 1.68. The maximum Gasteiger partial charge on any atom is 0.132 e.